The molecule has 1 atom stereocenters. The van der Waals surface area contributed by atoms with Gasteiger partial charge in [0.25, 0.3) is 0 Å². The molecule has 0 aliphatic heterocycles. The van der Waals surface area contributed by atoms with Crippen molar-refractivity contribution in [1.82, 2.24) is 0 Å². The highest BCUT2D eigenvalue weighted by molar-refractivity contribution is 5.80. The van der Waals surface area contributed by atoms with Crippen LogP contribution in [0.4, 0.5) is 0 Å². The van der Waals surface area contributed by atoms with Crippen LogP contribution in [0, 0.1) is 0 Å². The monoisotopic (exact) mass is 243 g/mol. The van der Waals surface area contributed by atoms with Gasteiger partial charge >= 0.3 is 5.97 Å². The van der Waals surface area contributed by atoms with E-state index in [1.807, 2.05) is 19.9 Å². The number of amidine groups is 1. The van der Waals surface area contributed by atoms with Gasteiger partial charge in [-0.1, -0.05) is 26.0 Å². The number of nitrogens with zero attached hydrogens (tertiary/aromatic N) is 1. The maximum atomic E-state index is 11.2. The molecule has 0 spiro atoms. The van der Waals surface area contributed by atoms with E-state index in [9.17, 15) is 4.79 Å². The van der Waals surface area contributed by atoms with Gasteiger partial charge in [0.15, 0.2) is 0 Å². The van der Waals surface area contributed by atoms with Gasteiger partial charge in [0.1, 0.15) is 5.54 Å². The summed E-state index contributed by atoms with van der Waals surface area (Å²) in [6.07, 6.45) is 4.02. The molecule has 0 rings (SSSR count). The highest BCUT2D eigenvalue weighted by Gasteiger charge is 2.27. The molecule has 0 bridgehead atoms. The average Bonchev–Trinajstić information content (AvgIpc) is 2.29. The second-order valence-electron chi connectivity index (χ2n) is 3.57. The summed E-state index contributed by atoms with van der Waals surface area (Å²) in [6, 6.07) is 0. The van der Waals surface area contributed by atoms with E-state index < -0.39 is 11.5 Å². The van der Waals surface area contributed by atoms with Crippen LogP contribution < -0.4 is 11.5 Å². The van der Waals surface area contributed by atoms with Crippen LogP contribution in [-0.4, -0.2) is 31.0 Å². The fourth-order valence-corrected chi connectivity index (χ4v) is 0.916. The lowest BCUT2D eigenvalue weighted by atomic mass is 9.99. The Kier molecular flexibility index (Phi) is 10.4. The summed E-state index contributed by atoms with van der Waals surface area (Å²) in [5, 5.41) is 0. The molecule has 0 aliphatic carbocycles. The smallest absolute Gasteiger partial charge is 0.325 e. The number of esters is 1. The Hall–Kier alpha value is -1.36. The van der Waals surface area contributed by atoms with Crippen LogP contribution in [-0.2, 0) is 9.53 Å². The van der Waals surface area contributed by atoms with Gasteiger partial charge in [-0.05, 0) is 20.3 Å². The minimum Gasteiger partial charge on any atom is -0.468 e. The zero-order valence-electron chi connectivity index (χ0n) is 11.5. The van der Waals surface area contributed by atoms with E-state index in [-0.39, 0.29) is 0 Å². The van der Waals surface area contributed by atoms with Crippen molar-refractivity contribution in [3.05, 3.63) is 12.2 Å². The van der Waals surface area contributed by atoms with Crippen molar-refractivity contribution < 1.29 is 9.53 Å². The van der Waals surface area contributed by atoms with Crippen molar-refractivity contribution in [1.29, 1.82) is 0 Å². The topological polar surface area (TPSA) is 90.7 Å². The first-order valence-corrected chi connectivity index (χ1v) is 5.69. The van der Waals surface area contributed by atoms with Gasteiger partial charge < -0.3 is 16.2 Å². The van der Waals surface area contributed by atoms with Crippen LogP contribution in [0.15, 0.2) is 17.1 Å². The van der Waals surface area contributed by atoms with E-state index in [1.54, 1.807) is 19.9 Å². The number of hydrogen-bond acceptors (Lipinski definition) is 4. The summed E-state index contributed by atoms with van der Waals surface area (Å²) in [5.74, 6) is 0.105. The van der Waals surface area contributed by atoms with Crippen molar-refractivity contribution in [3.63, 3.8) is 0 Å². The molecular formula is C12H25N3O2. The van der Waals surface area contributed by atoms with Crippen molar-refractivity contribution >= 4 is 11.8 Å². The molecule has 100 valence electrons. The molecule has 0 aromatic carbocycles. The van der Waals surface area contributed by atoms with Crippen LogP contribution >= 0.6 is 0 Å². The Morgan fingerprint density at radius 1 is 1.41 bits per heavy atom. The summed E-state index contributed by atoms with van der Waals surface area (Å²) >= 11 is 0. The zero-order chi connectivity index (χ0) is 13.9. The first kappa shape index (κ1) is 18.0. The highest BCUT2D eigenvalue weighted by atomic mass is 16.5. The summed E-state index contributed by atoms with van der Waals surface area (Å²) in [5.41, 5.74) is 10.1. The number of hydrogen-bond donors (Lipinski definition) is 2. The van der Waals surface area contributed by atoms with E-state index in [0.29, 0.717) is 18.8 Å². The minimum atomic E-state index is -0.979. The standard InChI is InChI=1S/C10H19N3O2.C2H6/c1-8(11)13-7-5-4-6-10(2,12)9(14)15-3;1-2/h4-5H,6-7,12H2,1-3H3,(H2,11,13);1-2H3/b5-4+;/t10-;/m0./s1. The van der Waals surface area contributed by atoms with E-state index in [2.05, 4.69) is 9.73 Å². The summed E-state index contributed by atoms with van der Waals surface area (Å²) in [7, 11) is 1.32. The lowest BCUT2D eigenvalue weighted by Crippen LogP contribution is -2.45. The van der Waals surface area contributed by atoms with Gasteiger partial charge in [0.05, 0.1) is 19.5 Å². The quantitative estimate of drug-likeness (QED) is 0.329. The van der Waals surface area contributed by atoms with Crippen LogP contribution in [0.3, 0.4) is 0 Å². The van der Waals surface area contributed by atoms with E-state index in [4.69, 9.17) is 11.5 Å². The van der Waals surface area contributed by atoms with Crippen molar-refractivity contribution in [2.75, 3.05) is 13.7 Å². The molecule has 0 aromatic heterocycles. The van der Waals surface area contributed by atoms with Crippen LogP contribution in [0.2, 0.25) is 0 Å². The SMILES string of the molecule is CC.COC(=O)[C@@](C)(N)C/C=C/CN=C(C)N. The van der Waals surface area contributed by atoms with E-state index in [0.717, 1.165) is 0 Å². The average molecular weight is 243 g/mol. The highest BCUT2D eigenvalue weighted by Crippen LogP contribution is 2.08. The maximum Gasteiger partial charge on any atom is 0.325 e. The van der Waals surface area contributed by atoms with Crippen LogP contribution in [0.25, 0.3) is 0 Å². The van der Waals surface area contributed by atoms with Gasteiger partial charge in [0.2, 0.25) is 0 Å². The Balaban J connectivity index is 0. The molecule has 0 saturated heterocycles. The Morgan fingerprint density at radius 3 is 2.35 bits per heavy atom. The Labute approximate surface area is 104 Å². The van der Waals surface area contributed by atoms with Gasteiger partial charge in [-0.3, -0.25) is 9.79 Å². The largest absolute Gasteiger partial charge is 0.468 e. The third-order valence-corrected chi connectivity index (χ3v) is 1.81. The Morgan fingerprint density at radius 2 is 1.94 bits per heavy atom. The number of carbonyl (C=O) groups is 1. The first-order chi connectivity index (χ1) is 7.90. The number of rotatable bonds is 5. The molecule has 0 amide bonds. The number of aliphatic imine (C=N–C) groups is 1. The van der Waals surface area contributed by atoms with E-state index in [1.165, 1.54) is 7.11 Å². The summed E-state index contributed by atoms with van der Waals surface area (Å²) in [6.45, 7) is 7.84. The second kappa shape index (κ2) is 9.84. The lowest BCUT2D eigenvalue weighted by Gasteiger charge is -2.18. The Bertz CT molecular complexity index is 267. The molecule has 0 radical (unpaired) electrons. The van der Waals surface area contributed by atoms with Crippen LogP contribution in [0.5, 0.6) is 0 Å². The van der Waals surface area contributed by atoms with Crippen LogP contribution in [0.1, 0.15) is 34.1 Å². The molecule has 0 aliphatic rings. The second-order valence-corrected chi connectivity index (χ2v) is 3.57. The molecule has 0 fully saturated rings. The third kappa shape index (κ3) is 9.56. The van der Waals surface area contributed by atoms with Gasteiger partial charge in [-0.15, -0.1) is 0 Å². The number of carbonyl (C=O) groups excluding carboxylic acids is 1. The fraction of sp³-hybridized carbons (Fsp3) is 0.667. The predicted molar refractivity (Wildman–Crippen MR) is 71.9 cm³/mol. The summed E-state index contributed by atoms with van der Waals surface area (Å²) in [4.78, 5) is 15.1. The van der Waals surface area contributed by atoms with Crippen molar-refractivity contribution in [2.24, 2.45) is 16.5 Å². The molecule has 17 heavy (non-hydrogen) atoms. The van der Waals surface area contributed by atoms with Gasteiger partial charge in [0, 0.05) is 0 Å². The molecule has 4 N–H and O–H groups in total. The number of nitrogens with two attached hydrogens (primary N) is 2. The third-order valence-electron chi connectivity index (χ3n) is 1.81. The summed E-state index contributed by atoms with van der Waals surface area (Å²) < 4.78 is 4.56. The van der Waals surface area contributed by atoms with Crippen molar-refractivity contribution in [3.8, 4) is 0 Å². The molecular weight excluding hydrogens is 218 g/mol. The normalized spacial score (nSPS) is 14.8. The number of ether oxygens (including phenoxy) is 1. The molecule has 0 heterocycles. The lowest BCUT2D eigenvalue weighted by molar-refractivity contribution is -0.146. The van der Waals surface area contributed by atoms with Gasteiger partial charge in [-0.25, -0.2) is 0 Å². The molecule has 0 unspecified atom stereocenters. The maximum absolute atomic E-state index is 11.2. The predicted octanol–water partition coefficient (Wildman–Crippen LogP) is 1.23. The molecule has 0 aromatic rings. The first-order valence-electron chi connectivity index (χ1n) is 5.69. The number of methoxy groups -OCH3 is 1. The van der Waals surface area contributed by atoms with Gasteiger partial charge in [-0.2, -0.15) is 0 Å². The van der Waals surface area contributed by atoms with E-state index >= 15 is 0 Å². The zero-order valence-corrected chi connectivity index (χ0v) is 11.5. The molecule has 5 nitrogen and oxygen atoms in total. The minimum absolute atomic E-state index is 0.415. The molecule has 5 heteroatoms. The van der Waals surface area contributed by atoms with Crippen molar-refractivity contribution in [2.45, 2.75) is 39.7 Å². The fourth-order valence-electron chi connectivity index (χ4n) is 0.916. The molecule has 0 saturated carbocycles.